The lowest BCUT2D eigenvalue weighted by Crippen LogP contribution is -2.22. The van der Waals surface area contributed by atoms with Crippen molar-refractivity contribution in [2.24, 2.45) is 0 Å². The van der Waals surface area contributed by atoms with Crippen LogP contribution in [0.15, 0.2) is 40.8 Å². The number of benzene rings is 1. The Morgan fingerprint density at radius 3 is 2.42 bits per heavy atom. The highest BCUT2D eigenvalue weighted by atomic mass is 32.2. The van der Waals surface area contributed by atoms with Gasteiger partial charge < -0.3 is 14.2 Å². The van der Waals surface area contributed by atoms with E-state index >= 15 is 0 Å². The Labute approximate surface area is 188 Å². The van der Waals surface area contributed by atoms with Gasteiger partial charge in [-0.3, -0.25) is 14.2 Å². The number of carbonyl (C=O) groups is 1. The van der Waals surface area contributed by atoms with E-state index in [0.717, 1.165) is 11.3 Å². The number of nitrogens with zero attached hydrogens (tertiary/aromatic N) is 2. The second kappa shape index (κ2) is 10.0. The Bertz CT molecular complexity index is 1160. The number of hydrogen-bond acceptors (Lipinski definition) is 8. The van der Waals surface area contributed by atoms with E-state index in [-0.39, 0.29) is 17.1 Å². The molecule has 0 fully saturated rings. The molecule has 3 aromatic rings. The second-order valence-corrected chi connectivity index (χ2v) is 8.57. The Morgan fingerprint density at radius 1 is 1.19 bits per heavy atom. The molecule has 0 atom stereocenters. The Morgan fingerprint density at radius 2 is 1.87 bits per heavy atom. The van der Waals surface area contributed by atoms with Gasteiger partial charge in [0.1, 0.15) is 4.83 Å². The average Bonchev–Trinajstić information content (AvgIpc) is 3.22. The zero-order chi connectivity index (χ0) is 22.5. The van der Waals surface area contributed by atoms with E-state index in [1.165, 1.54) is 44.4 Å². The maximum Gasteiger partial charge on any atom is 0.263 e. The molecule has 31 heavy (non-hydrogen) atoms. The maximum absolute atomic E-state index is 13.0. The van der Waals surface area contributed by atoms with Gasteiger partial charge in [0.2, 0.25) is 5.75 Å². The average molecular weight is 461 g/mol. The minimum Gasteiger partial charge on any atom is -0.493 e. The van der Waals surface area contributed by atoms with Crippen LogP contribution >= 0.6 is 23.1 Å². The van der Waals surface area contributed by atoms with Gasteiger partial charge in [-0.05, 0) is 24.6 Å². The van der Waals surface area contributed by atoms with E-state index in [1.807, 2.05) is 13.0 Å². The number of aryl methyl sites for hydroxylation is 1. The minimum absolute atomic E-state index is 0.0970. The molecule has 1 aromatic carbocycles. The molecule has 0 amide bonds. The number of ether oxygens (including phenoxy) is 3. The van der Waals surface area contributed by atoms with Crippen LogP contribution in [0.25, 0.3) is 10.2 Å². The van der Waals surface area contributed by atoms with Crippen molar-refractivity contribution in [3.63, 3.8) is 0 Å². The fourth-order valence-corrected chi connectivity index (χ4v) is 4.99. The number of carbonyl (C=O) groups excluding carboxylic acids is 1. The van der Waals surface area contributed by atoms with Crippen molar-refractivity contribution in [2.75, 3.05) is 27.1 Å². The van der Waals surface area contributed by atoms with Gasteiger partial charge in [-0.1, -0.05) is 24.8 Å². The van der Waals surface area contributed by atoms with Crippen LogP contribution in [-0.4, -0.2) is 42.4 Å². The van der Waals surface area contributed by atoms with Crippen LogP contribution in [-0.2, 0) is 13.0 Å². The summed E-state index contributed by atoms with van der Waals surface area (Å²) in [6, 6.07) is 5.12. The van der Waals surface area contributed by atoms with Crippen molar-refractivity contribution >= 4 is 39.1 Å². The highest BCUT2D eigenvalue weighted by molar-refractivity contribution is 7.99. The SMILES string of the molecule is C=CCn1c(SCC(=O)c2cc(OC)c(OC)c(OC)c2)nc2sc(CC)cc2c1=O. The number of rotatable bonds is 10. The summed E-state index contributed by atoms with van der Waals surface area (Å²) in [4.78, 5) is 32.3. The number of thioether (sulfide) groups is 1. The van der Waals surface area contributed by atoms with Gasteiger partial charge in [0.25, 0.3) is 5.56 Å². The molecule has 164 valence electrons. The maximum atomic E-state index is 13.0. The number of fused-ring (bicyclic) bond motifs is 1. The standard InChI is InChI=1S/C22H24N2O5S2/c1-6-8-24-21(26)15-11-14(7-2)31-20(15)23-22(24)30-12-16(25)13-9-17(27-3)19(29-5)18(10-13)28-4/h6,9-11H,1,7-8,12H2,2-5H3. The third-order valence-electron chi connectivity index (χ3n) is 4.65. The van der Waals surface area contributed by atoms with E-state index in [2.05, 4.69) is 11.6 Å². The van der Waals surface area contributed by atoms with Crippen LogP contribution < -0.4 is 19.8 Å². The molecule has 0 N–H and O–H groups in total. The Hall–Kier alpha value is -2.78. The minimum atomic E-state index is -0.149. The molecule has 9 heteroatoms. The van der Waals surface area contributed by atoms with Gasteiger partial charge in [-0.25, -0.2) is 4.98 Å². The molecular weight excluding hydrogens is 436 g/mol. The summed E-state index contributed by atoms with van der Waals surface area (Å²) in [7, 11) is 4.50. The highest BCUT2D eigenvalue weighted by Crippen LogP contribution is 2.38. The van der Waals surface area contributed by atoms with Gasteiger partial charge in [-0.2, -0.15) is 0 Å². The third-order valence-corrected chi connectivity index (χ3v) is 6.80. The zero-order valence-corrected chi connectivity index (χ0v) is 19.5. The molecule has 0 saturated heterocycles. The largest absolute Gasteiger partial charge is 0.493 e. The smallest absolute Gasteiger partial charge is 0.263 e. The van der Waals surface area contributed by atoms with Crippen LogP contribution in [0.5, 0.6) is 17.2 Å². The summed E-state index contributed by atoms with van der Waals surface area (Å²) >= 11 is 2.72. The van der Waals surface area contributed by atoms with E-state index < -0.39 is 0 Å². The van der Waals surface area contributed by atoms with E-state index in [0.29, 0.717) is 44.7 Å². The van der Waals surface area contributed by atoms with Crippen LogP contribution in [0, 0.1) is 0 Å². The summed E-state index contributed by atoms with van der Waals surface area (Å²) in [5.74, 6) is 1.18. The molecule has 0 spiro atoms. The Balaban J connectivity index is 1.93. The molecule has 0 saturated carbocycles. The van der Waals surface area contributed by atoms with E-state index in [9.17, 15) is 9.59 Å². The second-order valence-electron chi connectivity index (χ2n) is 6.51. The van der Waals surface area contributed by atoms with Crippen molar-refractivity contribution in [2.45, 2.75) is 25.0 Å². The highest BCUT2D eigenvalue weighted by Gasteiger charge is 2.19. The van der Waals surface area contributed by atoms with Crippen LogP contribution in [0.2, 0.25) is 0 Å². The van der Waals surface area contributed by atoms with Crippen molar-refractivity contribution in [1.29, 1.82) is 0 Å². The van der Waals surface area contributed by atoms with E-state index in [4.69, 9.17) is 14.2 Å². The van der Waals surface area contributed by atoms with Crippen molar-refractivity contribution in [1.82, 2.24) is 9.55 Å². The topological polar surface area (TPSA) is 79.7 Å². The number of allylic oxidation sites excluding steroid dienone is 1. The van der Waals surface area contributed by atoms with Gasteiger partial charge in [0.15, 0.2) is 22.4 Å². The number of ketones is 1. The van der Waals surface area contributed by atoms with Gasteiger partial charge >= 0.3 is 0 Å². The summed E-state index contributed by atoms with van der Waals surface area (Å²) in [6.45, 7) is 6.10. The molecule has 0 aliphatic heterocycles. The van der Waals surface area contributed by atoms with Gasteiger partial charge in [0, 0.05) is 17.0 Å². The monoisotopic (exact) mass is 460 g/mol. The first-order valence-electron chi connectivity index (χ1n) is 9.57. The molecule has 2 heterocycles. The summed E-state index contributed by atoms with van der Waals surface area (Å²) in [5.41, 5.74) is 0.300. The molecule has 0 unspecified atom stereocenters. The third kappa shape index (κ3) is 4.62. The molecule has 7 nitrogen and oxygen atoms in total. The fraction of sp³-hybridized carbons (Fsp3) is 0.318. The van der Waals surface area contributed by atoms with Crippen LogP contribution in [0.1, 0.15) is 22.2 Å². The fourth-order valence-electron chi connectivity index (χ4n) is 3.08. The molecule has 0 bridgehead atoms. The quantitative estimate of drug-likeness (QED) is 0.194. The van der Waals surface area contributed by atoms with Crippen LogP contribution in [0.3, 0.4) is 0 Å². The first-order valence-corrected chi connectivity index (χ1v) is 11.4. The first kappa shape index (κ1) is 22.9. The summed E-state index contributed by atoms with van der Waals surface area (Å²) in [5, 5.41) is 1.09. The predicted octanol–water partition coefficient (Wildman–Crippen LogP) is 4.21. The normalized spacial score (nSPS) is 10.8. The number of Topliss-reactive ketones (excluding diaryl/α,β-unsaturated/α-hetero) is 1. The van der Waals surface area contributed by atoms with E-state index in [1.54, 1.807) is 22.8 Å². The number of aromatic nitrogens is 2. The molecule has 0 aliphatic rings. The molecule has 2 aromatic heterocycles. The van der Waals surface area contributed by atoms with Gasteiger partial charge in [0.05, 0.1) is 32.5 Å². The predicted molar refractivity (Wildman–Crippen MR) is 125 cm³/mol. The van der Waals surface area contributed by atoms with Crippen molar-refractivity contribution < 1.29 is 19.0 Å². The van der Waals surface area contributed by atoms with Crippen molar-refractivity contribution in [3.8, 4) is 17.2 Å². The first-order chi connectivity index (χ1) is 15.0. The zero-order valence-electron chi connectivity index (χ0n) is 17.9. The summed E-state index contributed by atoms with van der Waals surface area (Å²) in [6.07, 6.45) is 2.48. The molecular formula is C22H24N2O5S2. The molecule has 0 aliphatic carbocycles. The lowest BCUT2D eigenvalue weighted by Gasteiger charge is -2.14. The van der Waals surface area contributed by atoms with Crippen molar-refractivity contribution in [3.05, 3.63) is 51.6 Å². The Kier molecular flexibility index (Phi) is 7.40. The van der Waals surface area contributed by atoms with Crippen LogP contribution in [0.4, 0.5) is 0 Å². The lowest BCUT2D eigenvalue weighted by molar-refractivity contribution is 0.102. The van der Waals surface area contributed by atoms with Gasteiger partial charge in [-0.15, -0.1) is 17.9 Å². The molecule has 0 radical (unpaired) electrons. The number of thiophene rings is 1. The number of hydrogen-bond donors (Lipinski definition) is 0. The molecule has 3 rings (SSSR count). The summed E-state index contributed by atoms with van der Waals surface area (Å²) < 4.78 is 17.5. The number of methoxy groups -OCH3 is 3. The lowest BCUT2D eigenvalue weighted by atomic mass is 10.1.